The number of fused-ring (bicyclic) bond motifs is 4. The SMILES string of the molecule is COCCN1C(=O)NC2CC1(C)Oc1ccccc12. The molecule has 1 fully saturated rings. The van der Waals surface area contributed by atoms with Crippen LogP contribution in [0.5, 0.6) is 5.75 Å². The zero-order chi connectivity index (χ0) is 13.5. The molecule has 2 aliphatic rings. The van der Waals surface area contributed by atoms with E-state index in [0.717, 1.165) is 17.7 Å². The fraction of sp³-hybridized carbons (Fsp3) is 0.500. The first-order valence-corrected chi connectivity index (χ1v) is 6.49. The molecule has 0 spiro atoms. The van der Waals surface area contributed by atoms with E-state index in [-0.39, 0.29) is 12.1 Å². The van der Waals surface area contributed by atoms with Crippen molar-refractivity contribution in [1.29, 1.82) is 0 Å². The van der Waals surface area contributed by atoms with Crippen LogP contribution in [0.15, 0.2) is 24.3 Å². The molecule has 0 radical (unpaired) electrons. The van der Waals surface area contributed by atoms with Crippen LogP contribution in [0, 0.1) is 0 Å². The van der Waals surface area contributed by atoms with Crippen LogP contribution in [-0.4, -0.2) is 36.9 Å². The van der Waals surface area contributed by atoms with Crippen LogP contribution >= 0.6 is 0 Å². The summed E-state index contributed by atoms with van der Waals surface area (Å²) in [6.07, 6.45) is 0.749. The van der Waals surface area contributed by atoms with Crippen LogP contribution in [0.3, 0.4) is 0 Å². The number of ether oxygens (including phenoxy) is 2. The number of benzene rings is 1. The second-order valence-corrected chi connectivity index (χ2v) is 5.17. The lowest BCUT2D eigenvalue weighted by atomic mass is 9.90. The monoisotopic (exact) mass is 262 g/mol. The van der Waals surface area contributed by atoms with E-state index in [1.165, 1.54) is 0 Å². The van der Waals surface area contributed by atoms with Crippen LogP contribution in [-0.2, 0) is 4.74 Å². The lowest BCUT2D eigenvalue weighted by molar-refractivity contribution is -0.0892. The Labute approximate surface area is 112 Å². The van der Waals surface area contributed by atoms with E-state index in [4.69, 9.17) is 9.47 Å². The van der Waals surface area contributed by atoms with E-state index in [1.807, 2.05) is 31.2 Å². The summed E-state index contributed by atoms with van der Waals surface area (Å²) < 4.78 is 11.1. The Hall–Kier alpha value is -1.75. The average molecular weight is 262 g/mol. The van der Waals surface area contributed by atoms with Gasteiger partial charge in [-0.2, -0.15) is 0 Å². The number of nitrogens with zero attached hydrogens (tertiary/aromatic N) is 1. The van der Waals surface area contributed by atoms with Gasteiger partial charge in [0.2, 0.25) is 0 Å². The van der Waals surface area contributed by atoms with Crippen molar-refractivity contribution >= 4 is 6.03 Å². The van der Waals surface area contributed by atoms with Gasteiger partial charge in [0.1, 0.15) is 5.75 Å². The van der Waals surface area contributed by atoms with Gasteiger partial charge in [0.25, 0.3) is 0 Å². The molecule has 19 heavy (non-hydrogen) atoms. The van der Waals surface area contributed by atoms with Crippen molar-refractivity contribution in [1.82, 2.24) is 10.2 Å². The van der Waals surface area contributed by atoms with Gasteiger partial charge in [-0.05, 0) is 13.0 Å². The molecule has 5 nitrogen and oxygen atoms in total. The molecule has 0 saturated carbocycles. The molecule has 3 rings (SSSR count). The number of methoxy groups -OCH3 is 1. The molecule has 1 aromatic rings. The van der Waals surface area contributed by atoms with Gasteiger partial charge in [0.15, 0.2) is 5.72 Å². The normalized spacial score (nSPS) is 28.4. The van der Waals surface area contributed by atoms with Crippen LogP contribution in [0.2, 0.25) is 0 Å². The Morgan fingerprint density at radius 1 is 1.53 bits per heavy atom. The van der Waals surface area contributed by atoms with Crippen molar-refractivity contribution in [2.75, 3.05) is 20.3 Å². The number of rotatable bonds is 3. The first kappa shape index (κ1) is 12.3. The minimum absolute atomic E-state index is 0.0289. The molecule has 0 aliphatic carbocycles. The van der Waals surface area contributed by atoms with Gasteiger partial charge in [0.05, 0.1) is 12.6 Å². The first-order valence-electron chi connectivity index (χ1n) is 6.49. The van der Waals surface area contributed by atoms with Gasteiger partial charge < -0.3 is 14.8 Å². The number of hydrogen-bond acceptors (Lipinski definition) is 3. The van der Waals surface area contributed by atoms with Crippen molar-refractivity contribution in [2.24, 2.45) is 0 Å². The van der Waals surface area contributed by atoms with E-state index < -0.39 is 5.72 Å². The minimum atomic E-state index is -0.597. The van der Waals surface area contributed by atoms with Crippen molar-refractivity contribution in [3.8, 4) is 5.75 Å². The van der Waals surface area contributed by atoms with Crippen LogP contribution in [0.25, 0.3) is 0 Å². The summed E-state index contributed by atoms with van der Waals surface area (Å²) in [5, 5.41) is 3.04. The maximum Gasteiger partial charge on any atom is 0.321 e. The standard InChI is InChI=1S/C14H18N2O3/c1-14-9-11(10-5-3-4-6-12(10)19-14)15-13(17)16(14)7-8-18-2/h3-6,11H,7-9H2,1-2H3,(H,15,17). The molecule has 2 aliphatic heterocycles. The fourth-order valence-corrected chi connectivity index (χ4v) is 2.89. The Morgan fingerprint density at radius 3 is 3.11 bits per heavy atom. The number of carbonyl (C=O) groups excluding carboxylic acids is 1. The largest absolute Gasteiger partial charge is 0.468 e. The Kier molecular flexibility index (Phi) is 2.86. The van der Waals surface area contributed by atoms with Crippen LogP contribution < -0.4 is 10.1 Å². The summed E-state index contributed by atoms with van der Waals surface area (Å²) >= 11 is 0. The van der Waals surface area contributed by atoms with E-state index in [9.17, 15) is 4.79 Å². The Bertz CT molecular complexity index is 505. The van der Waals surface area contributed by atoms with Gasteiger partial charge in [-0.15, -0.1) is 0 Å². The molecular weight excluding hydrogens is 244 g/mol. The highest BCUT2D eigenvalue weighted by atomic mass is 16.5. The summed E-state index contributed by atoms with van der Waals surface area (Å²) in [5.74, 6) is 0.851. The predicted octanol–water partition coefficient (Wildman–Crippen LogP) is 1.90. The predicted molar refractivity (Wildman–Crippen MR) is 69.9 cm³/mol. The Morgan fingerprint density at radius 2 is 2.32 bits per heavy atom. The van der Waals surface area contributed by atoms with E-state index >= 15 is 0 Å². The highest BCUT2D eigenvalue weighted by Gasteiger charge is 2.48. The second-order valence-electron chi connectivity index (χ2n) is 5.17. The lowest BCUT2D eigenvalue weighted by Gasteiger charge is -2.50. The third-order valence-corrected chi connectivity index (χ3v) is 3.84. The first-order chi connectivity index (χ1) is 9.14. The van der Waals surface area contributed by atoms with Gasteiger partial charge in [-0.25, -0.2) is 4.79 Å². The van der Waals surface area contributed by atoms with Crippen LogP contribution in [0.4, 0.5) is 4.79 Å². The summed E-state index contributed by atoms with van der Waals surface area (Å²) in [7, 11) is 1.63. The minimum Gasteiger partial charge on any atom is -0.468 e. The van der Waals surface area contributed by atoms with Crippen molar-refractivity contribution in [3.63, 3.8) is 0 Å². The molecule has 2 atom stereocenters. The molecule has 102 valence electrons. The maximum atomic E-state index is 12.2. The highest BCUT2D eigenvalue weighted by molar-refractivity contribution is 5.77. The number of amides is 2. The lowest BCUT2D eigenvalue weighted by Crippen LogP contribution is -2.65. The topological polar surface area (TPSA) is 50.8 Å². The number of hydrogen-bond donors (Lipinski definition) is 1. The zero-order valence-corrected chi connectivity index (χ0v) is 11.2. The third kappa shape index (κ3) is 1.94. The smallest absolute Gasteiger partial charge is 0.321 e. The highest BCUT2D eigenvalue weighted by Crippen LogP contribution is 2.43. The zero-order valence-electron chi connectivity index (χ0n) is 11.2. The van der Waals surface area contributed by atoms with Gasteiger partial charge in [0, 0.05) is 25.6 Å². The number of carbonyl (C=O) groups is 1. The van der Waals surface area contributed by atoms with E-state index in [1.54, 1.807) is 12.0 Å². The molecule has 0 aromatic heterocycles. The molecule has 2 heterocycles. The summed E-state index contributed by atoms with van der Waals surface area (Å²) in [5.41, 5.74) is 0.458. The number of urea groups is 1. The third-order valence-electron chi connectivity index (χ3n) is 3.84. The molecule has 1 N–H and O–H groups in total. The van der Waals surface area contributed by atoms with Crippen molar-refractivity contribution < 1.29 is 14.3 Å². The van der Waals surface area contributed by atoms with E-state index in [0.29, 0.717) is 13.2 Å². The average Bonchev–Trinajstić information content (AvgIpc) is 2.37. The van der Waals surface area contributed by atoms with Crippen LogP contribution in [0.1, 0.15) is 24.9 Å². The molecule has 5 heteroatoms. The quantitative estimate of drug-likeness (QED) is 0.905. The van der Waals surface area contributed by atoms with Gasteiger partial charge in [-0.3, -0.25) is 4.90 Å². The summed E-state index contributed by atoms with van der Waals surface area (Å²) in [6, 6.07) is 7.81. The number of para-hydroxylation sites is 1. The molecule has 2 unspecified atom stereocenters. The molecule has 2 bridgehead atoms. The van der Waals surface area contributed by atoms with Crippen molar-refractivity contribution in [3.05, 3.63) is 29.8 Å². The van der Waals surface area contributed by atoms with E-state index in [2.05, 4.69) is 5.32 Å². The molecular formula is C14H18N2O3. The molecule has 2 amide bonds. The van der Waals surface area contributed by atoms with Gasteiger partial charge in [-0.1, -0.05) is 18.2 Å². The van der Waals surface area contributed by atoms with Gasteiger partial charge >= 0.3 is 6.03 Å². The Balaban J connectivity index is 1.94. The maximum absolute atomic E-state index is 12.2. The molecule has 1 saturated heterocycles. The summed E-state index contributed by atoms with van der Waals surface area (Å²) in [6.45, 7) is 2.98. The number of nitrogens with one attached hydrogen (secondary N) is 1. The molecule has 1 aromatic carbocycles. The second kappa shape index (κ2) is 4.42. The fourth-order valence-electron chi connectivity index (χ4n) is 2.89. The summed E-state index contributed by atoms with van der Waals surface area (Å²) in [4.78, 5) is 13.9. The van der Waals surface area contributed by atoms with Crippen molar-refractivity contribution in [2.45, 2.75) is 25.1 Å².